The molecule has 0 fully saturated rings. The minimum absolute atomic E-state index is 0.0405. The van der Waals surface area contributed by atoms with Crippen molar-refractivity contribution in [1.82, 2.24) is 0 Å². The first-order valence-corrected chi connectivity index (χ1v) is 9.28. The summed E-state index contributed by atoms with van der Waals surface area (Å²) in [5, 5.41) is 7.14. The van der Waals surface area contributed by atoms with Crippen LogP contribution in [0.3, 0.4) is 0 Å². The summed E-state index contributed by atoms with van der Waals surface area (Å²) in [7, 11) is 0. The topological polar surface area (TPSA) is 28.0 Å². The van der Waals surface area contributed by atoms with E-state index < -0.39 is 18.1 Å². The Morgan fingerprint density at radius 3 is 2.48 bits per heavy atom. The maximum atomic E-state index is 14.8. The minimum atomic E-state index is -2.68. The van der Waals surface area contributed by atoms with E-state index in [1.165, 1.54) is 18.2 Å². The molecule has 29 heavy (non-hydrogen) atoms. The summed E-state index contributed by atoms with van der Waals surface area (Å²) in [5.41, 5.74) is 2.01. The monoisotopic (exact) mass is 423 g/mol. The SMILES string of the molecule is C=C(CC)N(Cc1ccc(C2=NN=C(C(F)F)C2)cc1F)c1ccc(F)c(Cl)c1. The van der Waals surface area contributed by atoms with Gasteiger partial charge in [0.15, 0.2) is 0 Å². The molecule has 0 atom stereocenters. The molecule has 0 unspecified atom stereocenters. The van der Waals surface area contributed by atoms with Crippen LogP contribution in [0.2, 0.25) is 5.02 Å². The first kappa shape index (κ1) is 21.0. The number of hydrogen-bond donors (Lipinski definition) is 0. The number of halogens is 5. The average molecular weight is 424 g/mol. The van der Waals surface area contributed by atoms with Crippen LogP contribution < -0.4 is 4.90 Å². The summed E-state index contributed by atoms with van der Waals surface area (Å²) in [4.78, 5) is 1.74. The van der Waals surface area contributed by atoms with Gasteiger partial charge in [0.2, 0.25) is 0 Å². The standard InChI is InChI=1S/C21H18ClF4N3/c1-3-12(2)29(15-6-7-17(23)16(22)9-15)11-14-5-4-13(8-18(14)24)19-10-20(21(25)26)28-27-19/h4-9,21H,2-3,10-11H2,1H3. The van der Waals surface area contributed by atoms with Crippen molar-refractivity contribution in [2.45, 2.75) is 32.7 Å². The molecule has 2 aromatic rings. The van der Waals surface area contributed by atoms with Gasteiger partial charge >= 0.3 is 0 Å². The van der Waals surface area contributed by atoms with Gasteiger partial charge in [0.1, 0.15) is 17.3 Å². The van der Waals surface area contributed by atoms with E-state index in [1.54, 1.807) is 23.1 Å². The van der Waals surface area contributed by atoms with E-state index in [9.17, 15) is 17.6 Å². The third-order valence-corrected chi connectivity index (χ3v) is 4.91. The molecule has 0 aromatic heterocycles. The number of allylic oxidation sites excluding steroid dienone is 1. The molecule has 0 bridgehead atoms. The van der Waals surface area contributed by atoms with Gasteiger partial charge in [-0.2, -0.15) is 10.2 Å². The van der Waals surface area contributed by atoms with Crippen molar-refractivity contribution in [3.63, 3.8) is 0 Å². The summed E-state index contributed by atoms with van der Waals surface area (Å²) < 4.78 is 53.7. The van der Waals surface area contributed by atoms with Crippen LogP contribution in [0.25, 0.3) is 0 Å². The highest BCUT2D eigenvalue weighted by Crippen LogP contribution is 2.28. The molecule has 0 aliphatic carbocycles. The summed E-state index contributed by atoms with van der Waals surface area (Å²) in [6.45, 7) is 6.04. The number of anilines is 1. The number of hydrogen-bond acceptors (Lipinski definition) is 3. The van der Waals surface area contributed by atoms with Gasteiger partial charge in [0.05, 0.1) is 17.3 Å². The molecule has 1 aliphatic rings. The molecule has 3 rings (SSSR count). The van der Waals surface area contributed by atoms with Crippen molar-refractivity contribution in [3.8, 4) is 0 Å². The Bertz CT molecular complexity index is 1000. The van der Waals surface area contributed by atoms with Gasteiger partial charge < -0.3 is 4.90 Å². The lowest BCUT2D eigenvalue weighted by Crippen LogP contribution is -2.22. The van der Waals surface area contributed by atoms with Crippen molar-refractivity contribution in [2.24, 2.45) is 10.2 Å². The van der Waals surface area contributed by atoms with E-state index in [0.717, 1.165) is 0 Å². The maximum Gasteiger partial charge on any atom is 0.278 e. The Balaban J connectivity index is 1.84. The predicted molar refractivity (Wildman–Crippen MR) is 108 cm³/mol. The summed E-state index contributed by atoms with van der Waals surface area (Å²) >= 11 is 5.88. The fourth-order valence-corrected chi connectivity index (χ4v) is 3.08. The van der Waals surface area contributed by atoms with E-state index in [1.807, 2.05) is 6.92 Å². The zero-order valence-corrected chi connectivity index (χ0v) is 16.4. The molecule has 152 valence electrons. The van der Waals surface area contributed by atoms with Crippen LogP contribution in [0, 0.1) is 11.6 Å². The quantitative estimate of drug-likeness (QED) is 0.476. The average Bonchev–Trinajstić information content (AvgIpc) is 3.19. The third-order valence-electron chi connectivity index (χ3n) is 4.62. The van der Waals surface area contributed by atoms with Crippen LogP contribution in [0.1, 0.15) is 30.9 Å². The van der Waals surface area contributed by atoms with Crippen LogP contribution in [-0.2, 0) is 6.54 Å². The first-order chi connectivity index (χ1) is 13.8. The maximum absolute atomic E-state index is 14.8. The van der Waals surface area contributed by atoms with E-state index in [4.69, 9.17) is 11.6 Å². The highest BCUT2D eigenvalue weighted by atomic mass is 35.5. The van der Waals surface area contributed by atoms with Crippen LogP contribution in [0.4, 0.5) is 23.2 Å². The number of rotatable bonds is 7. The summed E-state index contributed by atoms with van der Waals surface area (Å²) in [5.74, 6) is -1.06. The molecule has 1 heterocycles. The van der Waals surface area contributed by atoms with Crippen LogP contribution in [0.5, 0.6) is 0 Å². The highest BCUT2D eigenvalue weighted by molar-refractivity contribution is 6.31. The lowest BCUT2D eigenvalue weighted by atomic mass is 10.0. The molecule has 0 saturated heterocycles. The van der Waals surface area contributed by atoms with E-state index in [-0.39, 0.29) is 23.7 Å². The van der Waals surface area contributed by atoms with Gasteiger partial charge in [0, 0.05) is 28.9 Å². The van der Waals surface area contributed by atoms with Gasteiger partial charge in [-0.3, -0.25) is 0 Å². The normalized spacial score (nSPS) is 13.5. The van der Waals surface area contributed by atoms with Crippen molar-refractivity contribution in [2.75, 3.05) is 4.90 Å². The fourth-order valence-electron chi connectivity index (χ4n) is 2.90. The largest absolute Gasteiger partial charge is 0.341 e. The fraction of sp³-hybridized carbons (Fsp3) is 0.238. The Morgan fingerprint density at radius 1 is 1.14 bits per heavy atom. The number of alkyl halides is 2. The zero-order valence-electron chi connectivity index (χ0n) is 15.6. The second-order valence-electron chi connectivity index (χ2n) is 6.53. The second kappa shape index (κ2) is 8.78. The molecule has 3 nitrogen and oxygen atoms in total. The highest BCUT2D eigenvalue weighted by Gasteiger charge is 2.23. The predicted octanol–water partition coefficient (Wildman–Crippen LogP) is 6.36. The molecule has 0 radical (unpaired) electrons. The molecular weight excluding hydrogens is 406 g/mol. The van der Waals surface area contributed by atoms with Crippen LogP contribution in [0.15, 0.2) is 58.9 Å². The molecule has 8 heteroatoms. The molecule has 0 amide bonds. The third kappa shape index (κ3) is 4.67. The van der Waals surface area contributed by atoms with Gasteiger partial charge in [-0.1, -0.05) is 37.2 Å². The van der Waals surface area contributed by atoms with Gasteiger partial charge in [0.25, 0.3) is 6.43 Å². The lowest BCUT2D eigenvalue weighted by molar-refractivity contribution is 0.224. The van der Waals surface area contributed by atoms with Crippen LogP contribution >= 0.6 is 11.6 Å². The summed E-state index contributed by atoms with van der Waals surface area (Å²) in [6.07, 6.45) is -2.20. The van der Waals surface area contributed by atoms with E-state index >= 15 is 0 Å². The number of nitrogens with zero attached hydrogens (tertiary/aromatic N) is 3. The van der Waals surface area contributed by atoms with Gasteiger partial charge in [-0.05, 0) is 30.7 Å². The molecule has 1 aliphatic heterocycles. The lowest BCUT2D eigenvalue weighted by Gasteiger charge is -2.27. The Hall–Kier alpha value is -2.67. The molecule has 0 saturated carbocycles. The Labute approximate surface area is 171 Å². The molecule has 0 N–H and O–H groups in total. The Kier molecular flexibility index (Phi) is 6.37. The molecule has 0 spiro atoms. The van der Waals surface area contributed by atoms with E-state index in [2.05, 4.69) is 16.8 Å². The van der Waals surface area contributed by atoms with E-state index in [0.29, 0.717) is 34.6 Å². The van der Waals surface area contributed by atoms with Crippen LogP contribution in [-0.4, -0.2) is 17.8 Å². The van der Waals surface area contributed by atoms with Gasteiger partial charge in [-0.15, -0.1) is 0 Å². The van der Waals surface area contributed by atoms with Crippen molar-refractivity contribution < 1.29 is 17.6 Å². The molecular formula is C21H18ClF4N3. The van der Waals surface area contributed by atoms with Crippen molar-refractivity contribution >= 4 is 28.7 Å². The number of benzene rings is 2. The van der Waals surface area contributed by atoms with Crippen molar-refractivity contribution in [3.05, 3.63) is 76.5 Å². The van der Waals surface area contributed by atoms with Crippen molar-refractivity contribution in [1.29, 1.82) is 0 Å². The molecule has 2 aromatic carbocycles. The second-order valence-corrected chi connectivity index (χ2v) is 6.93. The first-order valence-electron chi connectivity index (χ1n) is 8.90. The zero-order chi connectivity index (χ0) is 21.1. The summed E-state index contributed by atoms with van der Waals surface area (Å²) in [6, 6.07) is 8.68. The Morgan fingerprint density at radius 2 is 1.90 bits per heavy atom. The minimum Gasteiger partial charge on any atom is -0.341 e. The smallest absolute Gasteiger partial charge is 0.278 e. The van der Waals surface area contributed by atoms with Gasteiger partial charge in [-0.25, -0.2) is 17.6 Å².